The molecule has 0 N–H and O–H groups in total. The molecule has 3 heteroatoms. The predicted octanol–water partition coefficient (Wildman–Crippen LogP) is 2.84. The first-order valence-electron chi connectivity index (χ1n) is 5.92. The largest absolute Gasteiger partial charge is 0.493 e. The van der Waals surface area contributed by atoms with Crippen LogP contribution in [0.4, 0.5) is 0 Å². The summed E-state index contributed by atoms with van der Waals surface area (Å²) in [6.45, 7) is 0.471. The number of benzene rings is 1. The van der Waals surface area contributed by atoms with Crippen molar-refractivity contribution < 1.29 is 14.3 Å². The molecule has 1 aliphatic rings. The zero-order valence-electron chi connectivity index (χ0n) is 10.3. The maximum atomic E-state index is 10.8. The summed E-state index contributed by atoms with van der Waals surface area (Å²) in [6.07, 6.45) is 5.30. The number of methoxy groups -OCH3 is 1. The van der Waals surface area contributed by atoms with Crippen LogP contribution in [0.25, 0.3) is 0 Å². The van der Waals surface area contributed by atoms with Gasteiger partial charge in [0.15, 0.2) is 11.5 Å². The molecule has 0 spiro atoms. The van der Waals surface area contributed by atoms with E-state index in [1.165, 1.54) is 0 Å². The van der Waals surface area contributed by atoms with E-state index < -0.39 is 0 Å². The highest BCUT2D eigenvalue weighted by atomic mass is 16.5. The fourth-order valence-electron chi connectivity index (χ4n) is 1.82. The lowest BCUT2D eigenvalue weighted by molar-refractivity contribution is -0.110. The molecule has 0 aliphatic heterocycles. The average molecular weight is 244 g/mol. The third kappa shape index (κ3) is 3.00. The van der Waals surface area contributed by atoms with Crippen molar-refractivity contribution in [3.8, 4) is 0 Å². The standard InChI is InChI=1S/C15H16O3/c1-17-14-8-7-13(10-16)9-15(14)18-11-12-5-3-2-4-6-12/h2-6,8-10,13H,7,11H2,1H3. The smallest absolute Gasteiger partial charge is 0.158 e. The third-order valence-electron chi connectivity index (χ3n) is 2.82. The second-order valence-corrected chi connectivity index (χ2v) is 4.11. The summed E-state index contributed by atoms with van der Waals surface area (Å²) in [6, 6.07) is 9.89. The van der Waals surface area contributed by atoms with Gasteiger partial charge in [0.2, 0.25) is 0 Å². The number of aldehydes is 1. The molecule has 0 radical (unpaired) electrons. The second kappa shape index (κ2) is 6.05. The molecule has 0 fully saturated rings. The van der Waals surface area contributed by atoms with Gasteiger partial charge in [-0.05, 0) is 24.1 Å². The number of rotatable bonds is 5. The Bertz CT molecular complexity index is 460. The zero-order chi connectivity index (χ0) is 12.8. The molecule has 1 unspecified atom stereocenters. The van der Waals surface area contributed by atoms with Gasteiger partial charge in [0.05, 0.1) is 7.11 Å². The Kier molecular flexibility index (Phi) is 4.18. The van der Waals surface area contributed by atoms with Gasteiger partial charge in [-0.25, -0.2) is 0 Å². The van der Waals surface area contributed by atoms with Crippen LogP contribution < -0.4 is 0 Å². The Morgan fingerprint density at radius 3 is 2.72 bits per heavy atom. The van der Waals surface area contributed by atoms with Gasteiger partial charge in [0.1, 0.15) is 12.9 Å². The highest BCUT2D eigenvalue weighted by Crippen LogP contribution is 2.24. The minimum atomic E-state index is -0.116. The minimum absolute atomic E-state index is 0.116. The third-order valence-corrected chi connectivity index (χ3v) is 2.82. The highest BCUT2D eigenvalue weighted by Gasteiger charge is 2.17. The summed E-state index contributed by atoms with van der Waals surface area (Å²) in [5, 5.41) is 0. The summed E-state index contributed by atoms with van der Waals surface area (Å²) in [4.78, 5) is 10.8. The number of carbonyl (C=O) groups excluding carboxylic acids is 1. The van der Waals surface area contributed by atoms with E-state index in [9.17, 15) is 4.79 Å². The van der Waals surface area contributed by atoms with Crippen LogP contribution in [0, 0.1) is 5.92 Å². The van der Waals surface area contributed by atoms with Gasteiger partial charge >= 0.3 is 0 Å². The lowest BCUT2D eigenvalue weighted by Crippen LogP contribution is -2.09. The fourth-order valence-corrected chi connectivity index (χ4v) is 1.82. The average Bonchev–Trinajstić information content (AvgIpc) is 2.45. The molecule has 2 rings (SSSR count). The van der Waals surface area contributed by atoms with Crippen LogP contribution in [0.1, 0.15) is 12.0 Å². The van der Waals surface area contributed by atoms with Crippen LogP contribution in [0.15, 0.2) is 54.0 Å². The molecule has 18 heavy (non-hydrogen) atoms. The normalized spacial score (nSPS) is 18.6. The van der Waals surface area contributed by atoms with E-state index in [1.54, 1.807) is 7.11 Å². The van der Waals surface area contributed by atoms with Gasteiger partial charge in [-0.1, -0.05) is 30.3 Å². The molecule has 3 nitrogen and oxygen atoms in total. The van der Waals surface area contributed by atoms with Crippen molar-refractivity contribution in [2.24, 2.45) is 5.92 Å². The van der Waals surface area contributed by atoms with Crippen LogP contribution in [0.5, 0.6) is 0 Å². The van der Waals surface area contributed by atoms with Crippen LogP contribution in [-0.2, 0) is 20.9 Å². The van der Waals surface area contributed by atoms with Crippen molar-refractivity contribution in [1.82, 2.24) is 0 Å². The first-order valence-corrected chi connectivity index (χ1v) is 5.92. The van der Waals surface area contributed by atoms with Crippen LogP contribution in [0.2, 0.25) is 0 Å². The van der Waals surface area contributed by atoms with E-state index in [1.807, 2.05) is 42.5 Å². The molecular formula is C15H16O3. The molecule has 0 aromatic heterocycles. The molecule has 1 atom stereocenters. The van der Waals surface area contributed by atoms with Gasteiger partial charge in [-0.3, -0.25) is 0 Å². The summed E-state index contributed by atoms with van der Waals surface area (Å²) in [5.41, 5.74) is 1.09. The molecule has 0 bridgehead atoms. The summed E-state index contributed by atoms with van der Waals surface area (Å²) in [5.74, 6) is 1.23. The van der Waals surface area contributed by atoms with Crippen molar-refractivity contribution in [2.45, 2.75) is 13.0 Å². The Morgan fingerprint density at radius 1 is 1.28 bits per heavy atom. The Morgan fingerprint density at radius 2 is 2.06 bits per heavy atom. The fraction of sp³-hybridized carbons (Fsp3) is 0.267. The topological polar surface area (TPSA) is 35.5 Å². The van der Waals surface area contributed by atoms with Crippen molar-refractivity contribution in [3.05, 3.63) is 59.6 Å². The van der Waals surface area contributed by atoms with Crippen molar-refractivity contribution in [1.29, 1.82) is 0 Å². The van der Waals surface area contributed by atoms with E-state index in [0.717, 1.165) is 11.8 Å². The number of allylic oxidation sites excluding steroid dienone is 2. The molecule has 0 saturated heterocycles. The molecule has 1 aromatic rings. The Labute approximate surface area is 107 Å². The van der Waals surface area contributed by atoms with Gasteiger partial charge in [-0.2, -0.15) is 0 Å². The monoisotopic (exact) mass is 244 g/mol. The summed E-state index contributed by atoms with van der Waals surface area (Å²) < 4.78 is 11.0. The van der Waals surface area contributed by atoms with Crippen molar-refractivity contribution in [2.75, 3.05) is 7.11 Å². The molecular weight excluding hydrogens is 228 g/mol. The van der Waals surface area contributed by atoms with Crippen molar-refractivity contribution in [3.63, 3.8) is 0 Å². The van der Waals surface area contributed by atoms with Gasteiger partial charge in [0.25, 0.3) is 0 Å². The molecule has 1 aromatic carbocycles. The van der Waals surface area contributed by atoms with Crippen LogP contribution >= 0.6 is 0 Å². The predicted molar refractivity (Wildman–Crippen MR) is 68.6 cm³/mol. The van der Waals surface area contributed by atoms with Gasteiger partial charge < -0.3 is 14.3 Å². The molecule has 0 heterocycles. The minimum Gasteiger partial charge on any atom is -0.493 e. The van der Waals surface area contributed by atoms with E-state index >= 15 is 0 Å². The number of hydrogen-bond donors (Lipinski definition) is 0. The van der Waals surface area contributed by atoms with E-state index in [0.29, 0.717) is 24.5 Å². The lowest BCUT2D eigenvalue weighted by atomic mass is 10.0. The van der Waals surface area contributed by atoms with Crippen LogP contribution in [-0.4, -0.2) is 13.4 Å². The SMILES string of the molecule is COC1=CCC(C=O)C=C1OCc1ccccc1. The van der Waals surface area contributed by atoms with E-state index in [4.69, 9.17) is 9.47 Å². The maximum Gasteiger partial charge on any atom is 0.158 e. The Hall–Kier alpha value is -2.03. The van der Waals surface area contributed by atoms with E-state index in [2.05, 4.69) is 0 Å². The first kappa shape index (κ1) is 12.4. The lowest BCUT2D eigenvalue weighted by Gasteiger charge is -2.18. The second-order valence-electron chi connectivity index (χ2n) is 4.11. The zero-order valence-corrected chi connectivity index (χ0v) is 10.3. The number of ether oxygens (including phenoxy) is 2. The van der Waals surface area contributed by atoms with Gasteiger partial charge in [0, 0.05) is 5.92 Å². The quantitative estimate of drug-likeness (QED) is 0.747. The first-order chi connectivity index (χ1) is 8.83. The molecule has 1 aliphatic carbocycles. The number of hydrogen-bond acceptors (Lipinski definition) is 3. The molecule has 94 valence electrons. The summed E-state index contributed by atoms with van der Waals surface area (Å²) in [7, 11) is 1.60. The Balaban J connectivity index is 2.04. The van der Waals surface area contributed by atoms with Gasteiger partial charge in [-0.15, -0.1) is 0 Å². The number of carbonyl (C=O) groups is 1. The molecule has 0 saturated carbocycles. The highest BCUT2D eigenvalue weighted by molar-refractivity contribution is 5.58. The molecule has 0 amide bonds. The van der Waals surface area contributed by atoms with Crippen molar-refractivity contribution >= 4 is 6.29 Å². The summed E-state index contributed by atoms with van der Waals surface area (Å²) >= 11 is 0. The van der Waals surface area contributed by atoms with Crippen LogP contribution in [0.3, 0.4) is 0 Å². The maximum absolute atomic E-state index is 10.8. The van der Waals surface area contributed by atoms with E-state index in [-0.39, 0.29) is 5.92 Å².